The summed E-state index contributed by atoms with van der Waals surface area (Å²) in [6.45, 7) is 2.01. The highest BCUT2D eigenvalue weighted by Crippen LogP contribution is 2.39. The highest BCUT2D eigenvalue weighted by Gasteiger charge is 2.42. The number of rotatable bonds is 3. The van der Waals surface area contributed by atoms with E-state index in [1.165, 1.54) is 0 Å². The van der Waals surface area contributed by atoms with E-state index in [2.05, 4.69) is 44.6 Å². The van der Waals surface area contributed by atoms with Gasteiger partial charge in [0, 0.05) is 49.9 Å². The van der Waals surface area contributed by atoms with E-state index in [1.807, 2.05) is 25.6 Å². The van der Waals surface area contributed by atoms with Gasteiger partial charge in [0.05, 0.1) is 22.4 Å². The van der Waals surface area contributed by atoms with Crippen LogP contribution in [0.2, 0.25) is 5.02 Å². The van der Waals surface area contributed by atoms with E-state index < -0.39 is 0 Å². The third-order valence-corrected chi connectivity index (χ3v) is 6.27. The molecule has 2 aliphatic rings. The Bertz CT molecular complexity index is 1090. The van der Waals surface area contributed by atoms with Crippen molar-refractivity contribution in [2.75, 3.05) is 24.6 Å². The van der Waals surface area contributed by atoms with Crippen LogP contribution in [0.3, 0.4) is 0 Å². The van der Waals surface area contributed by atoms with Crippen LogP contribution in [0.4, 0.5) is 10.5 Å². The lowest BCUT2D eigenvalue weighted by atomic mass is 9.88. The van der Waals surface area contributed by atoms with Gasteiger partial charge in [0.25, 0.3) is 0 Å². The molecular weight excluding hydrogens is 402 g/mol. The molecule has 1 amide bonds. The van der Waals surface area contributed by atoms with Crippen LogP contribution < -0.4 is 10.2 Å². The Labute approximate surface area is 179 Å². The predicted molar refractivity (Wildman–Crippen MR) is 116 cm³/mol. The molecule has 2 saturated heterocycles. The number of anilines is 1. The van der Waals surface area contributed by atoms with E-state index in [0.29, 0.717) is 11.6 Å². The molecule has 0 radical (unpaired) electrons. The molecule has 2 aromatic heterocycles. The maximum absolute atomic E-state index is 11.5. The minimum atomic E-state index is -0.320. The van der Waals surface area contributed by atoms with Gasteiger partial charge in [-0.15, -0.1) is 0 Å². The molecular formula is C22H22ClN5O2. The number of carbonyl (C=O) groups excluding carboxylic acids is 1. The summed E-state index contributed by atoms with van der Waals surface area (Å²) < 4.78 is 6.94. The Morgan fingerprint density at radius 3 is 2.43 bits per heavy atom. The Morgan fingerprint density at radius 2 is 1.80 bits per heavy atom. The summed E-state index contributed by atoms with van der Waals surface area (Å²) in [6.07, 6.45) is 8.72. The third kappa shape index (κ3) is 3.39. The summed E-state index contributed by atoms with van der Waals surface area (Å²) in [5.41, 5.74) is 4.99. The van der Waals surface area contributed by atoms with Crippen LogP contribution in [-0.4, -0.2) is 46.1 Å². The standard InChI is InChI=1S/C22H22ClN5O2/c1-27-13-17(10-25-27)15-2-4-16(5-3-15)18-11-24-12-19(23)20(18)28-8-6-22(7-9-28)14-30-21(29)26-22/h2-5,10-13H,6-9,14H2,1H3,(H,26,29). The number of ether oxygens (including phenoxy) is 1. The number of hydrogen-bond donors (Lipinski definition) is 1. The molecule has 7 nitrogen and oxygen atoms in total. The van der Waals surface area contributed by atoms with Crippen molar-refractivity contribution in [3.8, 4) is 22.3 Å². The normalized spacial score (nSPS) is 17.8. The highest BCUT2D eigenvalue weighted by molar-refractivity contribution is 6.33. The Hall–Kier alpha value is -3.06. The van der Waals surface area contributed by atoms with Gasteiger partial charge in [-0.3, -0.25) is 9.67 Å². The maximum atomic E-state index is 11.5. The van der Waals surface area contributed by atoms with Gasteiger partial charge in [0.2, 0.25) is 0 Å². The maximum Gasteiger partial charge on any atom is 0.407 e. The van der Waals surface area contributed by atoms with Gasteiger partial charge in [-0.2, -0.15) is 5.10 Å². The molecule has 0 atom stereocenters. The molecule has 2 aliphatic heterocycles. The first-order chi connectivity index (χ1) is 14.5. The second-order valence-electron chi connectivity index (χ2n) is 7.97. The lowest BCUT2D eigenvalue weighted by Crippen LogP contribution is -2.52. The van der Waals surface area contributed by atoms with Crippen LogP contribution in [0.25, 0.3) is 22.3 Å². The number of aromatic nitrogens is 3. The van der Waals surface area contributed by atoms with E-state index in [1.54, 1.807) is 10.9 Å². The van der Waals surface area contributed by atoms with Crippen LogP contribution in [0, 0.1) is 0 Å². The molecule has 2 fully saturated rings. The number of benzene rings is 1. The fourth-order valence-corrected chi connectivity index (χ4v) is 4.57. The molecule has 0 bridgehead atoms. The molecule has 4 heterocycles. The lowest BCUT2D eigenvalue weighted by Gasteiger charge is -2.39. The summed E-state index contributed by atoms with van der Waals surface area (Å²) in [7, 11) is 1.91. The smallest absolute Gasteiger partial charge is 0.407 e. The molecule has 3 aromatic rings. The number of nitrogens with one attached hydrogen (secondary N) is 1. The molecule has 1 N–H and O–H groups in total. The summed E-state index contributed by atoms with van der Waals surface area (Å²) in [5.74, 6) is 0. The molecule has 0 saturated carbocycles. The van der Waals surface area contributed by atoms with Gasteiger partial charge in [-0.25, -0.2) is 4.79 Å². The number of pyridine rings is 1. The highest BCUT2D eigenvalue weighted by atomic mass is 35.5. The van der Waals surface area contributed by atoms with Crippen LogP contribution in [0.15, 0.2) is 49.1 Å². The minimum Gasteiger partial charge on any atom is -0.447 e. The van der Waals surface area contributed by atoms with Crippen molar-refractivity contribution in [2.24, 2.45) is 7.05 Å². The van der Waals surface area contributed by atoms with Crippen molar-refractivity contribution in [3.05, 3.63) is 54.1 Å². The third-order valence-electron chi connectivity index (χ3n) is 5.99. The average molecular weight is 424 g/mol. The number of cyclic esters (lactones) is 1. The number of carbonyl (C=O) groups is 1. The monoisotopic (exact) mass is 423 g/mol. The molecule has 1 aromatic carbocycles. The van der Waals surface area contributed by atoms with Crippen LogP contribution in [0.5, 0.6) is 0 Å². The molecule has 8 heteroatoms. The Kier molecular flexibility index (Phi) is 4.62. The van der Waals surface area contributed by atoms with Crippen LogP contribution >= 0.6 is 11.6 Å². The molecule has 0 unspecified atom stereocenters. The lowest BCUT2D eigenvalue weighted by molar-refractivity contribution is 0.168. The Morgan fingerprint density at radius 1 is 1.07 bits per heavy atom. The number of hydrogen-bond acceptors (Lipinski definition) is 5. The van der Waals surface area contributed by atoms with Gasteiger partial charge in [-0.05, 0) is 24.0 Å². The second kappa shape index (κ2) is 7.32. The van der Waals surface area contributed by atoms with E-state index in [-0.39, 0.29) is 11.6 Å². The largest absolute Gasteiger partial charge is 0.447 e. The first-order valence-corrected chi connectivity index (χ1v) is 10.3. The molecule has 30 heavy (non-hydrogen) atoms. The molecule has 5 rings (SSSR count). The van der Waals surface area contributed by atoms with Crippen molar-refractivity contribution in [1.82, 2.24) is 20.1 Å². The zero-order valence-corrected chi connectivity index (χ0v) is 17.4. The molecule has 0 aliphatic carbocycles. The predicted octanol–water partition coefficient (Wildman–Crippen LogP) is 3.88. The topological polar surface area (TPSA) is 72.3 Å². The van der Waals surface area contributed by atoms with Crippen LogP contribution in [-0.2, 0) is 11.8 Å². The van der Waals surface area contributed by atoms with Crippen LogP contribution in [0.1, 0.15) is 12.8 Å². The first kappa shape index (κ1) is 18.9. The quantitative estimate of drug-likeness (QED) is 0.692. The van der Waals surface area contributed by atoms with E-state index >= 15 is 0 Å². The number of amides is 1. The van der Waals surface area contributed by atoms with Crippen molar-refractivity contribution in [1.29, 1.82) is 0 Å². The zero-order chi connectivity index (χ0) is 20.7. The van der Waals surface area contributed by atoms with Gasteiger partial charge in [0.1, 0.15) is 6.61 Å². The summed E-state index contributed by atoms with van der Waals surface area (Å²) in [6, 6.07) is 8.37. The average Bonchev–Trinajstić information content (AvgIpc) is 3.35. The van der Waals surface area contributed by atoms with Crippen molar-refractivity contribution >= 4 is 23.4 Å². The molecule has 154 valence electrons. The zero-order valence-electron chi connectivity index (χ0n) is 16.6. The SMILES string of the molecule is Cn1cc(-c2ccc(-c3cncc(Cl)c3N3CCC4(CC3)COC(=O)N4)cc2)cn1. The fourth-order valence-electron chi connectivity index (χ4n) is 4.29. The van der Waals surface area contributed by atoms with E-state index in [9.17, 15) is 4.79 Å². The number of alkyl carbamates (subject to hydrolysis) is 1. The summed E-state index contributed by atoms with van der Waals surface area (Å²) in [5, 5.41) is 7.86. The van der Waals surface area contributed by atoms with Gasteiger partial charge >= 0.3 is 6.09 Å². The van der Waals surface area contributed by atoms with Crippen molar-refractivity contribution in [3.63, 3.8) is 0 Å². The van der Waals surface area contributed by atoms with Crippen molar-refractivity contribution in [2.45, 2.75) is 18.4 Å². The number of nitrogens with zero attached hydrogens (tertiary/aromatic N) is 4. The summed E-state index contributed by atoms with van der Waals surface area (Å²) >= 11 is 6.61. The number of halogens is 1. The second-order valence-corrected chi connectivity index (χ2v) is 8.37. The fraction of sp³-hybridized carbons (Fsp3) is 0.318. The molecule has 1 spiro atoms. The van der Waals surface area contributed by atoms with Crippen molar-refractivity contribution < 1.29 is 9.53 Å². The minimum absolute atomic E-state index is 0.251. The van der Waals surface area contributed by atoms with Gasteiger partial charge in [0.15, 0.2) is 0 Å². The van der Waals surface area contributed by atoms with Gasteiger partial charge < -0.3 is 15.0 Å². The summed E-state index contributed by atoms with van der Waals surface area (Å²) in [4.78, 5) is 18.1. The first-order valence-electron chi connectivity index (χ1n) is 9.96. The number of piperidine rings is 1. The Balaban J connectivity index is 1.42. The van der Waals surface area contributed by atoms with E-state index in [0.717, 1.165) is 53.9 Å². The van der Waals surface area contributed by atoms with E-state index in [4.69, 9.17) is 16.3 Å². The van der Waals surface area contributed by atoms with Gasteiger partial charge in [-0.1, -0.05) is 35.9 Å². The number of aryl methyl sites for hydroxylation is 1.